The van der Waals surface area contributed by atoms with E-state index in [0.29, 0.717) is 5.71 Å². The summed E-state index contributed by atoms with van der Waals surface area (Å²) in [5.41, 5.74) is -0.547. The lowest BCUT2D eigenvalue weighted by atomic mass is 9.94. The minimum atomic E-state index is -0.986. The van der Waals surface area contributed by atoms with Gasteiger partial charge in [-0.05, 0) is 31.2 Å². The molecule has 1 amide bonds. The van der Waals surface area contributed by atoms with E-state index < -0.39 is 11.3 Å². The molecule has 1 aromatic carbocycles. The fourth-order valence-electron chi connectivity index (χ4n) is 2.40. The van der Waals surface area contributed by atoms with Crippen molar-refractivity contribution in [3.8, 4) is 0 Å². The Hall–Kier alpha value is -2.20. The van der Waals surface area contributed by atoms with Crippen molar-refractivity contribution in [2.75, 3.05) is 7.05 Å². The van der Waals surface area contributed by atoms with Gasteiger partial charge in [0.2, 0.25) is 0 Å². The van der Waals surface area contributed by atoms with Gasteiger partial charge < -0.3 is 10.0 Å². The van der Waals surface area contributed by atoms with Crippen LogP contribution in [-0.4, -0.2) is 39.9 Å². The van der Waals surface area contributed by atoms with Crippen molar-refractivity contribution < 1.29 is 9.90 Å². The summed E-state index contributed by atoms with van der Waals surface area (Å²) in [5.74, 6) is -0.118. The number of hydrogen-bond acceptors (Lipinski definition) is 3. The van der Waals surface area contributed by atoms with Gasteiger partial charge in [-0.1, -0.05) is 30.3 Å². The van der Waals surface area contributed by atoms with Gasteiger partial charge in [0.15, 0.2) is 5.66 Å². The molecule has 0 unspecified atom stereocenters. The molecule has 0 radical (unpaired) electrons. The number of amides is 1. The Morgan fingerprint density at radius 3 is 2.30 bits per heavy atom. The molecule has 2 aliphatic rings. The average Bonchev–Trinajstić information content (AvgIpc) is 2.69. The van der Waals surface area contributed by atoms with Gasteiger partial charge in [0, 0.05) is 12.6 Å². The second kappa shape index (κ2) is 4.15. The van der Waals surface area contributed by atoms with E-state index in [2.05, 4.69) is 4.99 Å². The minimum absolute atomic E-state index is 0.118. The smallest absolute Gasteiger partial charge is 0.274 e. The first kappa shape index (κ1) is 12.8. The summed E-state index contributed by atoms with van der Waals surface area (Å²) in [4.78, 5) is 18.6. The van der Waals surface area contributed by atoms with E-state index >= 15 is 0 Å². The predicted octanol–water partition coefficient (Wildman–Crippen LogP) is 1.52. The Morgan fingerprint density at radius 1 is 1.10 bits per heavy atom. The average molecular weight is 268 g/mol. The van der Waals surface area contributed by atoms with Crippen LogP contribution in [0.1, 0.15) is 12.5 Å². The maximum atomic E-state index is 12.4. The maximum Gasteiger partial charge on any atom is 0.274 e. The van der Waals surface area contributed by atoms with E-state index in [1.54, 1.807) is 43.2 Å². The Balaban J connectivity index is 2.06. The highest BCUT2D eigenvalue weighted by Crippen LogP contribution is 2.32. The molecule has 1 N–H and O–H groups in total. The largest absolute Gasteiger partial charge is 0.382 e. The highest BCUT2D eigenvalue weighted by molar-refractivity contribution is 6.46. The number of aliphatic hydroxyl groups is 1. The molecule has 4 heteroatoms. The highest BCUT2D eigenvalue weighted by atomic mass is 16.3. The summed E-state index contributed by atoms with van der Waals surface area (Å²) >= 11 is 0. The second-order valence-corrected chi connectivity index (χ2v) is 5.37. The number of nitrogens with zero attached hydrogens (tertiary/aromatic N) is 2. The molecule has 0 fully saturated rings. The van der Waals surface area contributed by atoms with Gasteiger partial charge in [0.05, 0.1) is 5.60 Å². The zero-order valence-electron chi connectivity index (χ0n) is 11.4. The summed E-state index contributed by atoms with van der Waals surface area (Å²) in [6, 6.07) is 9.41. The number of carbonyl (C=O) groups is 1. The SMILES string of the molecule is CN1C(=O)C(c2ccccc2)=NC12C=CC(C)(O)C=C2. The van der Waals surface area contributed by atoms with Crippen LogP contribution in [0.25, 0.3) is 0 Å². The molecule has 1 heterocycles. The standard InChI is InChI=1S/C16H16N2O2/c1-15(20)8-10-16(11-9-15)17-13(14(19)18(16)2)12-6-4-3-5-7-12/h3-11,20H,1-2H3. The zero-order valence-corrected chi connectivity index (χ0v) is 11.4. The van der Waals surface area contributed by atoms with E-state index in [4.69, 9.17) is 0 Å². The molecule has 0 aromatic heterocycles. The van der Waals surface area contributed by atoms with Crippen LogP contribution in [0.2, 0.25) is 0 Å². The van der Waals surface area contributed by atoms with Crippen LogP contribution in [0.5, 0.6) is 0 Å². The number of carbonyl (C=O) groups excluding carboxylic acids is 1. The number of likely N-dealkylation sites (N-methyl/N-ethyl adjacent to an activating group) is 1. The van der Waals surface area contributed by atoms with Crippen molar-refractivity contribution in [3.63, 3.8) is 0 Å². The first-order valence-corrected chi connectivity index (χ1v) is 6.50. The van der Waals surface area contributed by atoms with Gasteiger partial charge >= 0.3 is 0 Å². The number of rotatable bonds is 1. The van der Waals surface area contributed by atoms with Crippen LogP contribution in [0.15, 0.2) is 59.6 Å². The van der Waals surface area contributed by atoms with Crippen molar-refractivity contribution in [1.29, 1.82) is 0 Å². The van der Waals surface area contributed by atoms with E-state index in [1.165, 1.54) is 0 Å². The van der Waals surface area contributed by atoms with Crippen LogP contribution in [0, 0.1) is 0 Å². The van der Waals surface area contributed by atoms with Crippen LogP contribution in [0.3, 0.4) is 0 Å². The molecule has 1 spiro atoms. The minimum Gasteiger partial charge on any atom is -0.382 e. The van der Waals surface area contributed by atoms with Crippen molar-refractivity contribution >= 4 is 11.6 Å². The van der Waals surface area contributed by atoms with Gasteiger partial charge in [0.1, 0.15) is 5.71 Å². The monoisotopic (exact) mass is 268 g/mol. The summed E-state index contributed by atoms with van der Waals surface area (Å²) in [6.07, 6.45) is 6.85. The highest BCUT2D eigenvalue weighted by Gasteiger charge is 2.43. The Morgan fingerprint density at radius 2 is 1.70 bits per heavy atom. The molecule has 3 rings (SSSR count). The Kier molecular flexibility index (Phi) is 2.66. The number of benzene rings is 1. The zero-order chi connectivity index (χ0) is 14.4. The normalized spacial score (nSPS) is 32.0. The first-order valence-electron chi connectivity index (χ1n) is 6.50. The maximum absolute atomic E-state index is 12.4. The van der Waals surface area contributed by atoms with Gasteiger partial charge in [-0.3, -0.25) is 4.79 Å². The number of aliphatic imine (C=N–C) groups is 1. The first-order chi connectivity index (χ1) is 9.44. The van der Waals surface area contributed by atoms with E-state index in [-0.39, 0.29) is 5.91 Å². The molecule has 0 atom stereocenters. The molecule has 1 aromatic rings. The lowest BCUT2D eigenvalue weighted by molar-refractivity contribution is -0.123. The van der Waals surface area contributed by atoms with Gasteiger partial charge in [-0.2, -0.15) is 0 Å². The summed E-state index contributed by atoms with van der Waals surface area (Å²) in [5, 5.41) is 9.93. The van der Waals surface area contributed by atoms with Crippen molar-refractivity contribution in [1.82, 2.24) is 4.90 Å². The summed E-state index contributed by atoms with van der Waals surface area (Å²) in [6.45, 7) is 1.69. The molecule has 1 aliphatic carbocycles. The lowest BCUT2D eigenvalue weighted by Gasteiger charge is -2.32. The lowest BCUT2D eigenvalue weighted by Crippen LogP contribution is -2.43. The van der Waals surface area contributed by atoms with Crippen molar-refractivity contribution in [2.24, 2.45) is 4.99 Å². The molecule has 0 saturated carbocycles. The molecular formula is C16H16N2O2. The van der Waals surface area contributed by atoms with Crippen molar-refractivity contribution in [3.05, 3.63) is 60.2 Å². The molecule has 20 heavy (non-hydrogen) atoms. The van der Waals surface area contributed by atoms with Crippen LogP contribution < -0.4 is 0 Å². The third kappa shape index (κ3) is 1.89. The molecule has 0 saturated heterocycles. The fraction of sp³-hybridized carbons (Fsp3) is 0.250. The van der Waals surface area contributed by atoms with Crippen molar-refractivity contribution in [2.45, 2.75) is 18.2 Å². The molecular weight excluding hydrogens is 252 g/mol. The topological polar surface area (TPSA) is 52.9 Å². The third-order valence-electron chi connectivity index (χ3n) is 3.71. The number of hydrogen-bond donors (Lipinski definition) is 1. The van der Waals surface area contributed by atoms with Crippen LogP contribution >= 0.6 is 0 Å². The van der Waals surface area contributed by atoms with Crippen LogP contribution in [0.4, 0.5) is 0 Å². The fourth-order valence-corrected chi connectivity index (χ4v) is 2.40. The van der Waals surface area contributed by atoms with Crippen LogP contribution in [-0.2, 0) is 4.79 Å². The third-order valence-corrected chi connectivity index (χ3v) is 3.71. The van der Waals surface area contributed by atoms with E-state index in [0.717, 1.165) is 5.56 Å². The Bertz CT molecular complexity index is 626. The molecule has 1 aliphatic heterocycles. The Labute approximate surface area is 117 Å². The molecule has 0 bridgehead atoms. The van der Waals surface area contributed by atoms with Gasteiger partial charge in [-0.25, -0.2) is 4.99 Å². The van der Waals surface area contributed by atoms with E-state index in [9.17, 15) is 9.90 Å². The summed E-state index contributed by atoms with van der Waals surface area (Å²) in [7, 11) is 1.72. The summed E-state index contributed by atoms with van der Waals surface area (Å²) < 4.78 is 0. The predicted molar refractivity (Wildman–Crippen MR) is 77.4 cm³/mol. The quantitative estimate of drug-likeness (QED) is 0.785. The molecule has 4 nitrogen and oxygen atoms in total. The molecule has 102 valence electrons. The van der Waals surface area contributed by atoms with E-state index in [1.807, 2.05) is 30.3 Å². The van der Waals surface area contributed by atoms with Gasteiger partial charge in [0.25, 0.3) is 5.91 Å². The van der Waals surface area contributed by atoms with Gasteiger partial charge in [-0.15, -0.1) is 0 Å². The second-order valence-electron chi connectivity index (χ2n) is 5.37.